The van der Waals surface area contributed by atoms with Crippen LogP contribution in [0.1, 0.15) is 12.5 Å². The summed E-state index contributed by atoms with van der Waals surface area (Å²) in [7, 11) is -3.53. The summed E-state index contributed by atoms with van der Waals surface area (Å²) in [5, 5.41) is 14.6. The standard InChI is InChI=1S/C17H17F3N2O4S/c1-2-27(25,26)13-6-7-15(23)14(9-13)22-16(24)10-21-12-5-3-4-11(8-12)17(18,19)20/h3-9,21,23H,2,10H2,1H3,(H,22,24). The zero-order valence-corrected chi connectivity index (χ0v) is 15.0. The molecule has 6 nitrogen and oxygen atoms in total. The Balaban J connectivity index is 2.08. The van der Waals surface area contributed by atoms with Crippen LogP contribution >= 0.6 is 0 Å². The zero-order chi connectivity index (χ0) is 20.2. The second-order valence-electron chi connectivity index (χ2n) is 5.56. The highest BCUT2D eigenvalue weighted by atomic mass is 32.2. The van der Waals surface area contributed by atoms with Gasteiger partial charge in [0.15, 0.2) is 9.84 Å². The summed E-state index contributed by atoms with van der Waals surface area (Å²) in [6.07, 6.45) is -4.50. The number of phenolic OH excluding ortho intramolecular Hbond substituents is 1. The molecule has 0 spiro atoms. The van der Waals surface area contributed by atoms with E-state index >= 15 is 0 Å². The third-order valence-electron chi connectivity index (χ3n) is 3.62. The van der Waals surface area contributed by atoms with Gasteiger partial charge in [-0.3, -0.25) is 4.79 Å². The number of halogens is 3. The van der Waals surface area contributed by atoms with Crippen LogP contribution in [0.25, 0.3) is 0 Å². The van der Waals surface area contributed by atoms with Gasteiger partial charge in [-0.05, 0) is 36.4 Å². The minimum Gasteiger partial charge on any atom is -0.506 e. The molecule has 0 aromatic heterocycles. The zero-order valence-electron chi connectivity index (χ0n) is 14.2. The maximum absolute atomic E-state index is 12.7. The van der Waals surface area contributed by atoms with E-state index in [9.17, 15) is 31.5 Å². The number of anilines is 2. The molecule has 2 aromatic carbocycles. The molecule has 0 atom stereocenters. The second kappa shape index (κ2) is 7.87. The van der Waals surface area contributed by atoms with Crippen LogP contribution in [-0.2, 0) is 20.8 Å². The maximum atomic E-state index is 12.7. The summed E-state index contributed by atoms with van der Waals surface area (Å²) in [6.45, 7) is 1.07. The molecule has 0 saturated carbocycles. The lowest BCUT2D eigenvalue weighted by Gasteiger charge is -2.12. The first-order valence-corrected chi connectivity index (χ1v) is 9.45. The minimum absolute atomic E-state index is 0.0658. The first kappa shape index (κ1) is 20.6. The van der Waals surface area contributed by atoms with Gasteiger partial charge in [0.1, 0.15) is 5.75 Å². The Morgan fingerprint density at radius 3 is 2.48 bits per heavy atom. The molecule has 1 amide bonds. The summed E-state index contributed by atoms with van der Waals surface area (Å²) in [5.41, 5.74) is -0.880. The van der Waals surface area contributed by atoms with Crippen molar-refractivity contribution in [2.75, 3.05) is 22.9 Å². The van der Waals surface area contributed by atoms with Gasteiger partial charge in [-0.25, -0.2) is 8.42 Å². The maximum Gasteiger partial charge on any atom is 0.416 e. The van der Waals surface area contributed by atoms with E-state index in [2.05, 4.69) is 10.6 Å². The number of rotatable bonds is 6. The molecule has 0 fully saturated rings. The summed E-state index contributed by atoms with van der Waals surface area (Å²) >= 11 is 0. The predicted molar refractivity (Wildman–Crippen MR) is 94.4 cm³/mol. The molecule has 0 saturated heterocycles. The molecule has 0 bridgehead atoms. The van der Waals surface area contributed by atoms with E-state index in [4.69, 9.17) is 0 Å². The van der Waals surface area contributed by atoms with Crippen molar-refractivity contribution < 1.29 is 31.5 Å². The fourth-order valence-corrected chi connectivity index (χ4v) is 3.06. The molecule has 0 aliphatic rings. The first-order valence-electron chi connectivity index (χ1n) is 7.79. The Labute approximate surface area is 153 Å². The Bertz CT molecular complexity index is 943. The number of benzene rings is 2. The summed E-state index contributed by atoms with van der Waals surface area (Å²) in [4.78, 5) is 11.9. The van der Waals surface area contributed by atoms with Gasteiger partial charge in [0.05, 0.1) is 28.4 Å². The van der Waals surface area contributed by atoms with E-state index in [1.807, 2.05) is 0 Å². The Morgan fingerprint density at radius 1 is 1.15 bits per heavy atom. The van der Waals surface area contributed by atoms with E-state index in [1.165, 1.54) is 25.1 Å². The number of hydrogen-bond acceptors (Lipinski definition) is 5. The number of nitrogens with one attached hydrogen (secondary N) is 2. The number of hydrogen-bond donors (Lipinski definition) is 3. The molecule has 27 heavy (non-hydrogen) atoms. The number of amides is 1. The van der Waals surface area contributed by atoms with Gasteiger partial charge in [-0.2, -0.15) is 13.2 Å². The van der Waals surface area contributed by atoms with Crippen molar-refractivity contribution in [1.82, 2.24) is 0 Å². The molecule has 2 rings (SSSR count). The number of phenols is 1. The highest BCUT2D eigenvalue weighted by Crippen LogP contribution is 2.30. The Hall–Kier alpha value is -2.75. The smallest absolute Gasteiger partial charge is 0.416 e. The number of sulfone groups is 1. The number of alkyl halides is 3. The van der Waals surface area contributed by atoms with Crippen LogP contribution in [-0.4, -0.2) is 31.7 Å². The van der Waals surface area contributed by atoms with Gasteiger partial charge in [0.2, 0.25) is 5.91 Å². The Kier molecular flexibility index (Phi) is 5.99. The van der Waals surface area contributed by atoms with Crippen LogP contribution in [0.4, 0.5) is 24.5 Å². The van der Waals surface area contributed by atoms with E-state index in [1.54, 1.807) is 0 Å². The molecule has 0 unspecified atom stereocenters. The topological polar surface area (TPSA) is 95.5 Å². The minimum atomic E-state index is -4.50. The van der Waals surface area contributed by atoms with Gasteiger partial charge >= 0.3 is 6.18 Å². The Morgan fingerprint density at radius 2 is 1.85 bits per heavy atom. The van der Waals surface area contributed by atoms with Gasteiger partial charge < -0.3 is 15.7 Å². The monoisotopic (exact) mass is 402 g/mol. The van der Waals surface area contributed by atoms with Crippen LogP contribution in [0.2, 0.25) is 0 Å². The third-order valence-corrected chi connectivity index (χ3v) is 5.36. The van der Waals surface area contributed by atoms with Crippen LogP contribution in [0.3, 0.4) is 0 Å². The van der Waals surface area contributed by atoms with E-state index in [0.717, 1.165) is 24.3 Å². The van der Waals surface area contributed by atoms with Crippen LogP contribution < -0.4 is 10.6 Å². The van der Waals surface area contributed by atoms with Crippen molar-refractivity contribution in [1.29, 1.82) is 0 Å². The number of aromatic hydroxyl groups is 1. The summed E-state index contributed by atoms with van der Waals surface area (Å²) in [6, 6.07) is 7.81. The average molecular weight is 402 g/mol. The van der Waals surface area contributed by atoms with Crippen molar-refractivity contribution in [2.24, 2.45) is 0 Å². The molecule has 2 aromatic rings. The van der Waals surface area contributed by atoms with Gasteiger partial charge in [0.25, 0.3) is 0 Å². The van der Waals surface area contributed by atoms with Gasteiger partial charge in [0, 0.05) is 5.69 Å². The van der Waals surface area contributed by atoms with Crippen LogP contribution in [0, 0.1) is 0 Å². The normalized spacial score (nSPS) is 11.9. The molecular formula is C17H17F3N2O4S. The molecule has 0 heterocycles. The molecule has 0 aliphatic heterocycles. The highest BCUT2D eigenvalue weighted by molar-refractivity contribution is 7.91. The second-order valence-corrected chi connectivity index (χ2v) is 7.84. The lowest BCUT2D eigenvalue weighted by molar-refractivity contribution is -0.137. The molecule has 146 valence electrons. The summed E-state index contributed by atoms with van der Waals surface area (Å²) < 4.78 is 61.8. The number of carbonyl (C=O) groups excluding carboxylic acids is 1. The van der Waals surface area contributed by atoms with Crippen molar-refractivity contribution in [2.45, 2.75) is 18.0 Å². The SMILES string of the molecule is CCS(=O)(=O)c1ccc(O)c(NC(=O)CNc2cccc(C(F)(F)F)c2)c1. The van der Waals surface area contributed by atoms with Crippen molar-refractivity contribution in [3.05, 3.63) is 48.0 Å². The van der Waals surface area contributed by atoms with E-state index in [-0.39, 0.29) is 34.3 Å². The third kappa shape index (κ3) is 5.36. The van der Waals surface area contributed by atoms with E-state index < -0.39 is 27.5 Å². The number of carbonyl (C=O) groups is 1. The molecule has 10 heteroatoms. The van der Waals surface area contributed by atoms with Crippen LogP contribution in [0.15, 0.2) is 47.4 Å². The van der Waals surface area contributed by atoms with Crippen molar-refractivity contribution in [3.63, 3.8) is 0 Å². The molecule has 3 N–H and O–H groups in total. The largest absolute Gasteiger partial charge is 0.506 e. The molecular weight excluding hydrogens is 385 g/mol. The average Bonchev–Trinajstić information content (AvgIpc) is 2.61. The lowest BCUT2D eigenvalue weighted by atomic mass is 10.2. The summed E-state index contributed by atoms with van der Waals surface area (Å²) in [5.74, 6) is -1.16. The van der Waals surface area contributed by atoms with Gasteiger partial charge in [-0.15, -0.1) is 0 Å². The lowest BCUT2D eigenvalue weighted by Crippen LogP contribution is -2.22. The first-order chi connectivity index (χ1) is 12.5. The predicted octanol–water partition coefficient (Wildman–Crippen LogP) is 3.26. The molecule has 0 radical (unpaired) electrons. The van der Waals surface area contributed by atoms with Crippen LogP contribution in [0.5, 0.6) is 5.75 Å². The van der Waals surface area contributed by atoms with E-state index in [0.29, 0.717) is 0 Å². The highest BCUT2D eigenvalue weighted by Gasteiger charge is 2.30. The quantitative estimate of drug-likeness (QED) is 0.645. The fraction of sp³-hybridized carbons (Fsp3) is 0.235. The van der Waals surface area contributed by atoms with Crippen molar-refractivity contribution >= 4 is 27.1 Å². The van der Waals surface area contributed by atoms with Gasteiger partial charge in [-0.1, -0.05) is 13.0 Å². The van der Waals surface area contributed by atoms with Crippen molar-refractivity contribution in [3.8, 4) is 5.75 Å². The molecule has 0 aliphatic carbocycles. The fourth-order valence-electron chi connectivity index (χ4n) is 2.16.